The van der Waals surface area contributed by atoms with Crippen LogP contribution < -0.4 is 5.32 Å². The van der Waals surface area contributed by atoms with Crippen LogP contribution >= 0.6 is 11.6 Å². The minimum Gasteiger partial charge on any atom is -0.314 e. The number of nitro benzene ring substituents is 1. The second-order valence-electron chi connectivity index (χ2n) is 5.94. The number of nitrogens with one attached hydrogen (secondary N) is 1. The van der Waals surface area contributed by atoms with E-state index < -0.39 is 0 Å². The number of benzene rings is 1. The van der Waals surface area contributed by atoms with Crippen molar-refractivity contribution in [3.63, 3.8) is 0 Å². The third-order valence-electron chi connectivity index (χ3n) is 4.39. The van der Waals surface area contributed by atoms with Crippen LogP contribution in [0.25, 0.3) is 0 Å². The first-order chi connectivity index (χ1) is 10.1. The lowest BCUT2D eigenvalue weighted by molar-refractivity contribution is -0.386. The average Bonchev–Trinajstić information content (AvgIpc) is 3.29. The monoisotopic (exact) mass is 309 g/mol. The molecule has 3 rings (SSSR count). The Morgan fingerprint density at radius 3 is 2.71 bits per heavy atom. The minimum atomic E-state index is -0.284. The van der Waals surface area contributed by atoms with E-state index in [4.69, 9.17) is 11.6 Å². The normalized spacial score (nSPS) is 21.2. The molecular formula is C15H20ClN3O2. The molecule has 1 atom stereocenters. The molecule has 6 heteroatoms. The summed E-state index contributed by atoms with van der Waals surface area (Å²) in [6, 6.07) is 5.04. The second kappa shape index (κ2) is 6.30. The Balaban J connectivity index is 1.93. The van der Waals surface area contributed by atoms with E-state index >= 15 is 0 Å². The Morgan fingerprint density at radius 1 is 1.38 bits per heavy atom. The van der Waals surface area contributed by atoms with Crippen molar-refractivity contribution in [1.29, 1.82) is 0 Å². The van der Waals surface area contributed by atoms with Crippen LogP contribution in [0.4, 0.5) is 5.69 Å². The van der Waals surface area contributed by atoms with Gasteiger partial charge in [0.25, 0.3) is 5.69 Å². The molecule has 0 bridgehead atoms. The summed E-state index contributed by atoms with van der Waals surface area (Å²) in [5, 5.41) is 15.3. The van der Waals surface area contributed by atoms with E-state index in [1.807, 2.05) is 0 Å². The molecule has 1 aromatic carbocycles. The second-order valence-corrected chi connectivity index (χ2v) is 6.38. The van der Waals surface area contributed by atoms with Crippen LogP contribution in [0.3, 0.4) is 0 Å². The van der Waals surface area contributed by atoms with E-state index in [-0.39, 0.29) is 16.7 Å². The smallest absolute Gasteiger partial charge is 0.274 e. The van der Waals surface area contributed by atoms with E-state index in [0.717, 1.165) is 38.2 Å². The zero-order valence-corrected chi connectivity index (χ0v) is 12.7. The van der Waals surface area contributed by atoms with Crippen molar-refractivity contribution >= 4 is 17.3 Å². The standard InChI is InChI=1S/C15H20ClN3O2/c16-12-3-4-14(19(20)21)13(10-12)15(9-11-1-2-11)18-7-5-17-6-8-18/h3-4,10-11,15,17H,1-2,5-9H2/t15-/m0/s1. The number of hydrogen-bond donors (Lipinski definition) is 1. The highest BCUT2D eigenvalue weighted by atomic mass is 35.5. The van der Waals surface area contributed by atoms with E-state index in [9.17, 15) is 10.1 Å². The molecule has 0 unspecified atom stereocenters. The minimum absolute atomic E-state index is 0.110. The maximum absolute atomic E-state index is 11.4. The van der Waals surface area contributed by atoms with Gasteiger partial charge in [0.1, 0.15) is 0 Å². The summed E-state index contributed by atoms with van der Waals surface area (Å²) in [4.78, 5) is 13.4. The summed E-state index contributed by atoms with van der Waals surface area (Å²) in [6.45, 7) is 3.74. The Morgan fingerprint density at radius 2 is 2.10 bits per heavy atom. The van der Waals surface area contributed by atoms with Gasteiger partial charge in [-0.25, -0.2) is 0 Å². The molecule has 21 heavy (non-hydrogen) atoms. The number of rotatable bonds is 5. The van der Waals surface area contributed by atoms with Crippen molar-refractivity contribution in [2.45, 2.75) is 25.3 Å². The van der Waals surface area contributed by atoms with Crippen molar-refractivity contribution in [1.82, 2.24) is 10.2 Å². The van der Waals surface area contributed by atoms with Gasteiger partial charge in [-0.1, -0.05) is 24.4 Å². The molecule has 2 fully saturated rings. The van der Waals surface area contributed by atoms with Crippen molar-refractivity contribution in [2.75, 3.05) is 26.2 Å². The van der Waals surface area contributed by atoms with Crippen molar-refractivity contribution in [3.8, 4) is 0 Å². The van der Waals surface area contributed by atoms with Crippen LogP contribution in [0.5, 0.6) is 0 Å². The van der Waals surface area contributed by atoms with Gasteiger partial charge < -0.3 is 5.32 Å². The van der Waals surface area contributed by atoms with Gasteiger partial charge in [0.2, 0.25) is 0 Å². The summed E-state index contributed by atoms with van der Waals surface area (Å²) in [7, 11) is 0. The molecule has 114 valence electrons. The molecule has 1 aromatic rings. The molecule has 1 aliphatic carbocycles. The third-order valence-corrected chi connectivity index (χ3v) is 4.63. The van der Waals surface area contributed by atoms with E-state index in [2.05, 4.69) is 10.2 Å². The molecule has 5 nitrogen and oxygen atoms in total. The van der Waals surface area contributed by atoms with E-state index in [0.29, 0.717) is 10.9 Å². The molecular weight excluding hydrogens is 290 g/mol. The Labute approximate surface area is 129 Å². The lowest BCUT2D eigenvalue weighted by Gasteiger charge is -2.35. The van der Waals surface area contributed by atoms with Crippen molar-refractivity contribution < 1.29 is 4.92 Å². The summed E-state index contributed by atoms with van der Waals surface area (Å²) >= 11 is 6.10. The van der Waals surface area contributed by atoms with Crippen LogP contribution in [-0.4, -0.2) is 36.0 Å². The number of nitrogens with zero attached hydrogens (tertiary/aromatic N) is 2. The fourth-order valence-corrected chi connectivity index (χ4v) is 3.27. The molecule has 1 saturated carbocycles. The number of halogens is 1. The first kappa shape index (κ1) is 14.8. The predicted molar refractivity (Wildman–Crippen MR) is 82.6 cm³/mol. The SMILES string of the molecule is O=[N+]([O-])c1ccc(Cl)cc1[C@H](CC1CC1)N1CCNCC1. The fourth-order valence-electron chi connectivity index (χ4n) is 3.09. The molecule has 0 aromatic heterocycles. The Kier molecular flexibility index (Phi) is 4.42. The zero-order chi connectivity index (χ0) is 14.8. The van der Waals surface area contributed by atoms with Gasteiger partial charge >= 0.3 is 0 Å². The highest BCUT2D eigenvalue weighted by Gasteiger charge is 2.33. The molecule has 1 N–H and O–H groups in total. The lowest BCUT2D eigenvalue weighted by Crippen LogP contribution is -2.45. The number of piperazine rings is 1. The topological polar surface area (TPSA) is 58.4 Å². The van der Waals surface area contributed by atoms with Crippen LogP contribution in [0.2, 0.25) is 5.02 Å². The summed E-state index contributed by atoms with van der Waals surface area (Å²) in [5.41, 5.74) is 0.977. The van der Waals surface area contributed by atoms with E-state index in [1.165, 1.54) is 12.8 Å². The highest BCUT2D eigenvalue weighted by molar-refractivity contribution is 6.30. The van der Waals surface area contributed by atoms with Gasteiger partial charge in [-0.05, 0) is 24.5 Å². The molecule has 0 amide bonds. The van der Waals surface area contributed by atoms with Gasteiger partial charge in [0.15, 0.2) is 0 Å². The first-order valence-corrected chi connectivity index (χ1v) is 7.91. The average molecular weight is 310 g/mol. The number of hydrogen-bond acceptors (Lipinski definition) is 4. The molecule has 0 spiro atoms. The van der Waals surface area contributed by atoms with Gasteiger partial charge in [0, 0.05) is 48.9 Å². The van der Waals surface area contributed by atoms with Gasteiger partial charge in [0.05, 0.1) is 4.92 Å². The maximum atomic E-state index is 11.4. The van der Waals surface area contributed by atoms with E-state index in [1.54, 1.807) is 18.2 Å². The molecule has 1 heterocycles. The van der Waals surface area contributed by atoms with Crippen LogP contribution in [0, 0.1) is 16.0 Å². The van der Waals surface area contributed by atoms with Crippen molar-refractivity contribution in [2.24, 2.45) is 5.92 Å². The molecule has 2 aliphatic rings. The molecule has 1 aliphatic heterocycles. The Hall–Kier alpha value is -1.17. The molecule has 1 saturated heterocycles. The van der Waals surface area contributed by atoms with Gasteiger partial charge in [-0.15, -0.1) is 0 Å². The third kappa shape index (κ3) is 3.54. The lowest BCUT2D eigenvalue weighted by atomic mass is 9.97. The predicted octanol–water partition coefficient (Wildman–Crippen LogP) is 2.99. The fraction of sp³-hybridized carbons (Fsp3) is 0.600. The quantitative estimate of drug-likeness (QED) is 0.671. The maximum Gasteiger partial charge on any atom is 0.274 e. The summed E-state index contributed by atoms with van der Waals surface area (Å²) < 4.78 is 0. The van der Waals surface area contributed by atoms with Crippen LogP contribution in [-0.2, 0) is 0 Å². The summed E-state index contributed by atoms with van der Waals surface area (Å²) in [5.74, 6) is 0.712. The first-order valence-electron chi connectivity index (χ1n) is 7.54. The Bertz CT molecular complexity index is 528. The van der Waals surface area contributed by atoms with Gasteiger partial charge in [-0.3, -0.25) is 15.0 Å². The molecule has 0 radical (unpaired) electrons. The van der Waals surface area contributed by atoms with Crippen LogP contribution in [0.1, 0.15) is 30.9 Å². The zero-order valence-electron chi connectivity index (χ0n) is 11.9. The highest BCUT2D eigenvalue weighted by Crippen LogP contribution is 2.42. The number of nitro groups is 1. The largest absolute Gasteiger partial charge is 0.314 e. The summed E-state index contributed by atoms with van der Waals surface area (Å²) in [6.07, 6.45) is 3.50. The van der Waals surface area contributed by atoms with Crippen molar-refractivity contribution in [3.05, 3.63) is 38.9 Å². The van der Waals surface area contributed by atoms with Gasteiger partial charge in [-0.2, -0.15) is 0 Å². The van der Waals surface area contributed by atoms with Crippen LogP contribution in [0.15, 0.2) is 18.2 Å².